The topological polar surface area (TPSA) is 79.3 Å². The van der Waals surface area contributed by atoms with E-state index in [1.54, 1.807) is 11.3 Å². The van der Waals surface area contributed by atoms with Crippen LogP contribution in [0.1, 0.15) is 62.4 Å². The molecule has 1 fully saturated rings. The Morgan fingerprint density at radius 3 is 2.78 bits per heavy atom. The number of carboxylic acid groups (broad SMARTS) is 1. The van der Waals surface area contributed by atoms with Gasteiger partial charge in [0.15, 0.2) is 5.13 Å². The van der Waals surface area contributed by atoms with Gasteiger partial charge in [-0.2, -0.15) is 0 Å². The van der Waals surface area contributed by atoms with E-state index >= 15 is 0 Å². The molecule has 0 unspecified atom stereocenters. The van der Waals surface area contributed by atoms with Gasteiger partial charge in [-0.25, -0.2) is 4.98 Å². The molecule has 0 spiro atoms. The number of carbonyl (C=O) groups is 2. The van der Waals surface area contributed by atoms with E-state index in [-0.39, 0.29) is 17.7 Å². The number of aryl methyl sites for hydroxylation is 1. The molecule has 1 amide bonds. The van der Waals surface area contributed by atoms with Crippen LogP contribution in [0.3, 0.4) is 0 Å². The number of nitrogens with one attached hydrogen (secondary N) is 1. The zero-order valence-corrected chi connectivity index (χ0v) is 14.4. The molecule has 1 aromatic rings. The summed E-state index contributed by atoms with van der Waals surface area (Å²) in [6.07, 6.45) is 7.28. The second kappa shape index (κ2) is 6.59. The van der Waals surface area contributed by atoms with Gasteiger partial charge in [-0.15, -0.1) is 11.3 Å². The Kier molecular flexibility index (Phi) is 4.71. The largest absolute Gasteiger partial charge is 0.481 e. The van der Waals surface area contributed by atoms with Crippen molar-refractivity contribution in [2.24, 2.45) is 11.3 Å². The van der Waals surface area contributed by atoms with E-state index in [1.807, 2.05) is 0 Å². The molecule has 5 nitrogen and oxygen atoms in total. The van der Waals surface area contributed by atoms with Crippen LogP contribution in [0.4, 0.5) is 5.13 Å². The van der Waals surface area contributed by atoms with Crippen LogP contribution in [-0.4, -0.2) is 22.0 Å². The minimum Gasteiger partial charge on any atom is -0.481 e. The Morgan fingerprint density at radius 1 is 1.35 bits per heavy atom. The molecule has 0 aromatic carbocycles. The lowest BCUT2D eigenvalue weighted by atomic mass is 9.79. The second-order valence-corrected chi connectivity index (χ2v) is 8.32. The predicted octanol–water partition coefficient (Wildman–Crippen LogP) is 3.63. The highest BCUT2D eigenvalue weighted by Crippen LogP contribution is 2.44. The van der Waals surface area contributed by atoms with Crippen LogP contribution in [0.25, 0.3) is 0 Å². The summed E-state index contributed by atoms with van der Waals surface area (Å²) in [5, 5.41) is 12.7. The number of nitrogens with zero attached hydrogens (tertiary/aromatic N) is 1. The van der Waals surface area contributed by atoms with Gasteiger partial charge in [0.2, 0.25) is 5.91 Å². The number of thiazole rings is 1. The third-order valence-electron chi connectivity index (χ3n) is 5.16. The molecule has 2 aliphatic carbocycles. The second-order valence-electron chi connectivity index (χ2n) is 7.24. The van der Waals surface area contributed by atoms with Gasteiger partial charge in [-0.1, -0.05) is 19.8 Å². The average Bonchev–Trinajstić information content (AvgIpc) is 3.03. The molecule has 23 heavy (non-hydrogen) atoms. The van der Waals surface area contributed by atoms with E-state index in [9.17, 15) is 9.59 Å². The molecule has 1 atom stereocenters. The van der Waals surface area contributed by atoms with Gasteiger partial charge in [-0.3, -0.25) is 9.59 Å². The summed E-state index contributed by atoms with van der Waals surface area (Å²) >= 11 is 1.58. The van der Waals surface area contributed by atoms with Crippen molar-refractivity contribution in [3.8, 4) is 0 Å². The molecular formula is C17H24N2O3S. The Balaban J connectivity index is 1.64. The number of carboxylic acids is 1. The Morgan fingerprint density at radius 2 is 2.09 bits per heavy atom. The highest BCUT2D eigenvalue weighted by atomic mass is 32.1. The first kappa shape index (κ1) is 16.4. The third-order valence-corrected chi connectivity index (χ3v) is 6.19. The summed E-state index contributed by atoms with van der Waals surface area (Å²) < 4.78 is 0. The van der Waals surface area contributed by atoms with Crippen LogP contribution in [0, 0.1) is 11.3 Å². The number of amides is 1. The molecule has 126 valence electrons. The first-order valence-corrected chi connectivity index (χ1v) is 9.28. The van der Waals surface area contributed by atoms with Crippen LogP contribution in [0.2, 0.25) is 0 Å². The van der Waals surface area contributed by atoms with Crippen LogP contribution in [-0.2, 0) is 22.4 Å². The fourth-order valence-corrected chi connectivity index (χ4v) is 5.15. The molecular weight excluding hydrogens is 312 g/mol. The molecule has 1 aromatic heterocycles. The number of rotatable bonds is 5. The van der Waals surface area contributed by atoms with Crippen molar-refractivity contribution in [3.05, 3.63) is 10.6 Å². The fraction of sp³-hybridized carbons (Fsp3) is 0.706. The minimum atomic E-state index is -0.807. The Labute approximate surface area is 140 Å². The van der Waals surface area contributed by atoms with Gasteiger partial charge in [0, 0.05) is 11.3 Å². The molecule has 0 aliphatic heterocycles. The maximum atomic E-state index is 12.4. The van der Waals surface area contributed by atoms with E-state index in [2.05, 4.69) is 17.2 Å². The Bertz CT molecular complexity index is 605. The van der Waals surface area contributed by atoms with Crippen molar-refractivity contribution in [2.75, 3.05) is 5.32 Å². The molecule has 2 aliphatic rings. The summed E-state index contributed by atoms with van der Waals surface area (Å²) in [5.41, 5.74) is 0.769. The van der Waals surface area contributed by atoms with Gasteiger partial charge in [0.05, 0.1) is 12.1 Å². The van der Waals surface area contributed by atoms with Crippen LogP contribution in [0.5, 0.6) is 0 Å². The van der Waals surface area contributed by atoms with E-state index in [1.165, 1.54) is 4.88 Å². The van der Waals surface area contributed by atoms with Crippen molar-refractivity contribution in [2.45, 2.75) is 64.7 Å². The summed E-state index contributed by atoms with van der Waals surface area (Å²) in [6, 6.07) is 0. The first-order valence-electron chi connectivity index (χ1n) is 8.46. The smallest absolute Gasteiger partial charge is 0.303 e. The number of anilines is 1. The maximum absolute atomic E-state index is 12.4. The van der Waals surface area contributed by atoms with Gasteiger partial charge < -0.3 is 10.4 Å². The molecule has 0 saturated heterocycles. The Hall–Kier alpha value is -1.43. The van der Waals surface area contributed by atoms with Crippen LogP contribution >= 0.6 is 11.3 Å². The molecule has 6 heteroatoms. The standard InChI is InChI=1S/C17H24N2O3S/c1-11-4-5-12-13(8-11)23-16(18-12)19-14(20)9-17(10-15(21)22)6-2-3-7-17/h11H,2-10H2,1H3,(H,21,22)(H,18,19,20)/t11-/m1/s1. The van der Waals surface area contributed by atoms with Crippen LogP contribution < -0.4 is 5.32 Å². The quantitative estimate of drug-likeness (QED) is 0.860. The van der Waals surface area contributed by atoms with Crippen molar-refractivity contribution >= 4 is 28.3 Å². The van der Waals surface area contributed by atoms with Gasteiger partial charge in [-0.05, 0) is 43.4 Å². The van der Waals surface area contributed by atoms with Crippen molar-refractivity contribution in [3.63, 3.8) is 0 Å². The molecule has 1 heterocycles. The molecule has 0 radical (unpaired) electrons. The van der Waals surface area contributed by atoms with Crippen molar-refractivity contribution in [1.82, 2.24) is 4.98 Å². The van der Waals surface area contributed by atoms with E-state index in [4.69, 9.17) is 5.11 Å². The fourth-order valence-electron chi connectivity index (χ4n) is 3.96. The minimum absolute atomic E-state index is 0.0896. The zero-order chi connectivity index (χ0) is 16.4. The first-order chi connectivity index (χ1) is 11.0. The van der Waals surface area contributed by atoms with Crippen molar-refractivity contribution < 1.29 is 14.7 Å². The lowest BCUT2D eigenvalue weighted by Crippen LogP contribution is -2.27. The van der Waals surface area contributed by atoms with E-state index < -0.39 is 5.97 Å². The van der Waals surface area contributed by atoms with Crippen LogP contribution in [0.15, 0.2) is 0 Å². The molecule has 0 bridgehead atoms. The lowest BCUT2D eigenvalue weighted by molar-refractivity contribution is -0.140. The monoisotopic (exact) mass is 336 g/mol. The SMILES string of the molecule is C[C@@H]1CCc2nc(NC(=O)CC3(CC(=O)O)CCCC3)sc2C1. The molecule has 3 rings (SSSR count). The average molecular weight is 336 g/mol. The maximum Gasteiger partial charge on any atom is 0.303 e. The number of fused-ring (bicyclic) bond motifs is 1. The van der Waals surface area contributed by atoms with Gasteiger partial charge in [0.25, 0.3) is 0 Å². The third kappa shape index (κ3) is 3.91. The highest BCUT2D eigenvalue weighted by molar-refractivity contribution is 7.15. The number of hydrogen-bond donors (Lipinski definition) is 2. The highest BCUT2D eigenvalue weighted by Gasteiger charge is 2.38. The number of hydrogen-bond acceptors (Lipinski definition) is 4. The van der Waals surface area contributed by atoms with Crippen molar-refractivity contribution in [1.29, 1.82) is 0 Å². The summed E-state index contributed by atoms with van der Waals surface area (Å²) in [4.78, 5) is 29.4. The summed E-state index contributed by atoms with van der Waals surface area (Å²) in [6.45, 7) is 2.25. The predicted molar refractivity (Wildman–Crippen MR) is 89.7 cm³/mol. The molecule has 1 saturated carbocycles. The number of aliphatic carboxylic acids is 1. The normalized spacial score (nSPS) is 22.6. The zero-order valence-electron chi connectivity index (χ0n) is 13.6. The van der Waals surface area contributed by atoms with E-state index in [0.717, 1.165) is 50.6 Å². The number of aromatic nitrogens is 1. The van der Waals surface area contributed by atoms with E-state index in [0.29, 0.717) is 17.5 Å². The lowest BCUT2D eigenvalue weighted by Gasteiger charge is -2.25. The molecule has 2 N–H and O–H groups in total. The van der Waals surface area contributed by atoms with Gasteiger partial charge >= 0.3 is 5.97 Å². The number of carbonyl (C=O) groups excluding carboxylic acids is 1. The van der Waals surface area contributed by atoms with Gasteiger partial charge in [0.1, 0.15) is 0 Å². The summed E-state index contributed by atoms with van der Waals surface area (Å²) in [5.74, 6) is -0.213. The summed E-state index contributed by atoms with van der Waals surface area (Å²) in [7, 11) is 0.